The molecule has 0 atom stereocenters. The van der Waals surface area contributed by atoms with E-state index in [1.807, 2.05) is 36.4 Å². The number of aryl methyl sites for hydroxylation is 1. The summed E-state index contributed by atoms with van der Waals surface area (Å²) in [4.78, 5) is 54.1. The highest BCUT2D eigenvalue weighted by Gasteiger charge is 2.26. The zero-order chi connectivity index (χ0) is 33.2. The average molecular weight is 733 g/mol. The van der Waals surface area contributed by atoms with Crippen LogP contribution >= 0.6 is 39.0 Å². The maximum Gasteiger partial charge on any atom is 0.341 e. The van der Waals surface area contributed by atoms with Crippen LogP contribution in [0.5, 0.6) is 0 Å². The van der Waals surface area contributed by atoms with Crippen molar-refractivity contribution in [1.82, 2.24) is 5.32 Å². The van der Waals surface area contributed by atoms with Gasteiger partial charge in [0.1, 0.15) is 10.7 Å². The summed E-state index contributed by atoms with van der Waals surface area (Å²) in [5.41, 5.74) is 3.19. The second-order valence-corrected chi connectivity index (χ2v) is 13.9. The predicted molar refractivity (Wildman–Crippen MR) is 192 cm³/mol. The molecule has 0 saturated heterocycles. The number of carbonyl (C=O) groups is 4. The topological polar surface area (TPSA) is 114 Å². The summed E-state index contributed by atoms with van der Waals surface area (Å²) in [5.74, 6) is -1.49. The van der Waals surface area contributed by atoms with Crippen LogP contribution in [-0.4, -0.2) is 36.6 Å². The van der Waals surface area contributed by atoms with E-state index < -0.39 is 17.8 Å². The van der Waals surface area contributed by atoms with Gasteiger partial charge >= 0.3 is 5.97 Å². The molecule has 0 fully saturated rings. The van der Waals surface area contributed by atoms with Gasteiger partial charge in [0.05, 0.1) is 18.4 Å². The number of esters is 1. The predicted octanol–water partition coefficient (Wildman–Crippen LogP) is 8.10. The maximum absolute atomic E-state index is 13.5. The van der Waals surface area contributed by atoms with Gasteiger partial charge in [0.15, 0.2) is 0 Å². The minimum Gasteiger partial charge on any atom is -0.465 e. The Morgan fingerprint density at radius 2 is 1.66 bits per heavy atom. The van der Waals surface area contributed by atoms with Crippen LogP contribution in [0.4, 0.5) is 10.7 Å². The first kappa shape index (κ1) is 34.2. The van der Waals surface area contributed by atoms with Crippen molar-refractivity contribution in [2.45, 2.75) is 43.4 Å². The molecular weight excluding hydrogens is 698 g/mol. The van der Waals surface area contributed by atoms with Crippen LogP contribution in [0.15, 0.2) is 93.9 Å². The zero-order valence-electron chi connectivity index (χ0n) is 25.8. The minimum absolute atomic E-state index is 0.0702. The van der Waals surface area contributed by atoms with Gasteiger partial charge in [-0.15, -0.1) is 23.1 Å². The van der Waals surface area contributed by atoms with E-state index in [1.165, 1.54) is 30.2 Å². The van der Waals surface area contributed by atoms with Crippen LogP contribution in [0, 0.1) is 0 Å². The summed E-state index contributed by atoms with van der Waals surface area (Å²) in [6, 6.07) is 23.2. The number of ether oxygens (including phenoxy) is 1. The van der Waals surface area contributed by atoms with Gasteiger partial charge in [0.25, 0.3) is 11.8 Å². The number of hydrogen-bond donors (Lipinski definition) is 3. The monoisotopic (exact) mass is 731 g/mol. The van der Waals surface area contributed by atoms with Crippen molar-refractivity contribution in [3.05, 3.63) is 116 Å². The molecule has 0 bridgehead atoms. The lowest BCUT2D eigenvalue weighted by atomic mass is 9.96. The van der Waals surface area contributed by atoms with Crippen LogP contribution in [0.2, 0.25) is 0 Å². The number of thioether (sulfide) groups is 1. The van der Waals surface area contributed by atoms with Crippen LogP contribution in [0.25, 0.3) is 6.08 Å². The summed E-state index contributed by atoms with van der Waals surface area (Å²) in [7, 11) is 1.36. The molecule has 0 spiro atoms. The highest BCUT2D eigenvalue weighted by atomic mass is 79.9. The molecule has 47 heavy (non-hydrogen) atoms. The number of amides is 3. The first-order chi connectivity index (χ1) is 22.8. The molecule has 3 N–H and O–H groups in total. The summed E-state index contributed by atoms with van der Waals surface area (Å²) < 4.78 is 5.91. The number of rotatable bonds is 10. The molecule has 11 heteroatoms. The number of hydrogen-bond acceptors (Lipinski definition) is 7. The maximum atomic E-state index is 13.5. The minimum atomic E-state index is -0.502. The summed E-state index contributed by atoms with van der Waals surface area (Å²) >= 11 is 6.22. The molecule has 3 amide bonds. The van der Waals surface area contributed by atoms with Crippen LogP contribution in [0.1, 0.15) is 62.4 Å². The lowest BCUT2D eigenvalue weighted by Gasteiger charge is -2.12. The van der Waals surface area contributed by atoms with Gasteiger partial charge in [0.2, 0.25) is 5.91 Å². The summed E-state index contributed by atoms with van der Waals surface area (Å²) in [6.07, 6.45) is 7.65. The Kier molecular flexibility index (Phi) is 12.0. The number of halogens is 1. The molecule has 242 valence electrons. The molecule has 8 nitrogen and oxygen atoms in total. The van der Waals surface area contributed by atoms with Gasteiger partial charge in [-0.1, -0.05) is 65.2 Å². The normalized spacial score (nSPS) is 13.0. The SMILES string of the molecule is COC(=O)c1c(NC(=O)CSc2cccc(NC(=O)/C(=C\c3cccc(Br)c3)NC(=O)c3ccccc3)c2)sc2c1CCCCCC2. The lowest BCUT2D eigenvalue weighted by Crippen LogP contribution is -2.30. The fourth-order valence-electron chi connectivity index (χ4n) is 5.20. The average Bonchev–Trinajstić information content (AvgIpc) is 3.38. The molecule has 0 radical (unpaired) electrons. The molecular formula is C36H34BrN3O5S2. The molecule has 1 aliphatic rings. The Morgan fingerprint density at radius 1 is 0.894 bits per heavy atom. The molecule has 0 saturated carbocycles. The van der Waals surface area contributed by atoms with E-state index in [9.17, 15) is 19.2 Å². The Labute approximate surface area is 290 Å². The number of methoxy groups -OCH3 is 1. The standard InChI is InChI=1S/C36H34BrN3O5S2/c1-45-36(44)32-28-17-7-2-3-8-18-30(28)47-35(32)40-31(41)22-46-27-16-10-15-26(21-27)38-34(43)29(20-23-11-9-14-25(37)19-23)39-33(42)24-12-5-4-6-13-24/h4-6,9-16,19-21H,2-3,7-8,17-18,22H2,1H3,(H,38,43)(H,39,42)(H,40,41)/b29-20+. The molecule has 3 aromatic carbocycles. The van der Waals surface area contributed by atoms with E-state index >= 15 is 0 Å². The van der Waals surface area contributed by atoms with E-state index in [0.29, 0.717) is 21.8 Å². The number of thiophene rings is 1. The van der Waals surface area contributed by atoms with Crippen molar-refractivity contribution < 1.29 is 23.9 Å². The summed E-state index contributed by atoms with van der Waals surface area (Å²) in [5, 5.41) is 9.11. The Hall–Kier alpha value is -4.19. The Balaban J connectivity index is 1.27. The van der Waals surface area contributed by atoms with Gasteiger partial charge in [-0.05, 0) is 85.4 Å². The van der Waals surface area contributed by atoms with Crippen molar-refractivity contribution in [1.29, 1.82) is 0 Å². The quantitative estimate of drug-likeness (QED) is 0.0864. The highest BCUT2D eigenvalue weighted by Crippen LogP contribution is 2.38. The molecule has 0 aliphatic heterocycles. The van der Waals surface area contributed by atoms with E-state index in [2.05, 4.69) is 31.9 Å². The van der Waals surface area contributed by atoms with E-state index in [1.54, 1.807) is 48.5 Å². The molecule has 1 aromatic heterocycles. The third-order valence-corrected chi connectivity index (χ3v) is 10.2. The van der Waals surface area contributed by atoms with E-state index in [-0.39, 0.29) is 17.4 Å². The first-order valence-corrected chi connectivity index (χ1v) is 17.8. The Morgan fingerprint density at radius 3 is 2.43 bits per heavy atom. The van der Waals surface area contributed by atoms with Crippen molar-refractivity contribution in [3.63, 3.8) is 0 Å². The lowest BCUT2D eigenvalue weighted by molar-refractivity contribution is -0.114. The Bertz CT molecular complexity index is 1810. The smallest absolute Gasteiger partial charge is 0.341 e. The van der Waals surface area contributed by atoms with Gasteiger partial charge in [0, 0.05) is 25.5 Å². The van der Waals surface area contributed by atoms with Crippen LogP contribution in [-0.2, 0) is 27.2 Å². The molecule has 5 rings (SSSR count). The number of carbonyl (C=O) groups excluding carboxylic acids is 4. The van der Waals surface area contributed by atoms with Gasteiger partial charge in [-0.2, -0.15) is 0 Å². The van der Waals surface area contributed by atoms with Gasteiger partial charge in [-0.3, -0.25) is 14.4 Å². The number of benzene rings is 3. The number of anilines is 2. The number of fused-ring (bicyclic) bond motifs is 1. The van der Waals surface area contributed by atoms with Crippen molar-refractivity contribution in [3.8, 4) is 0 Å². The van der Waals surface area contributed by atoms with Gasteiger partial charge in [-0.25, -0.2) is 4.79 Å². The second-order valence-electron chi connectivity index (χ2n) is 10.9. The second kappa shape index (κ2) is 16.6. The van der Waals surface area contributed by atoms with Crippen molar-refractivity contribution >= 4 is 79.5 Å². The largest absolute Gasteiger partial charge is 0.465 e. The van der Waals surface area contributed by atoms with E-state index in [0.717, 1.165) is 63.9 Å². The molecule has 0 unspecified atom stereocenters. The molecule has 1 heterocycles. The van der Waals surface area contributed by atoms with Crippen LogP contribution < -0.4 is 16.0 Å². The summed E-state index contributed by atoms with van der Waals surface area (Å²) in [6.45, 7) is 0. The van der Waals surface area contributed by atoms with Crippen molar-refractivity contribution in [2.75, 3.05) is 23.5 Å². The molecule has 4 aromatic rings. The third-order valence-electron chi connectivity index (χ3n) is 7.46. The van der Waals surface area contributed by atoms with Crippen molar-refractivity contribution in [2.24, 2.45) is 0 Å². The number of nitrogens with one attached hydrogen (secondary N) is 3. The van der Waals surface area contributed by atoms with Gasteiger partial charge < -0.3 is 20.7 Å². The fraction of sp³-hybridized carbons (Fsp3) is 0.222. The first-order valence-electron chi connectivity index (χ1n) is 15.2. The molecule has 1 aliphatic carbocycles. The van der Waals surface area contributed by atoms with Crippen LogP contribution in [0.3, 0.4) is 0 Å². The highest BCUT2D eigenvalue weighted by molar-refractivity contribution is 9.10. The third kappa shape index (κ3) is 9.43. The fourth-order valence-corrected chi connectivity index (χ4v) is 7.67. The van der Waals surface area contributed by atoms with E-state index in [4.69, 9.17) is 4.74 Å². The zero-order valence-corrected chi connectivity index (χ0v) is 29.0.